The highest BCUT2D eigenvalue weighted by Gasteiger charge is 2.24. The summed E-state index contributed by atoms with van der Waals surface area (Å²) >= 11 is 0. The fourth-order valence-electron chi connectivity index (χ4n) is 1.76. The maximum absolute atomic E-state index is 5.58. The highest BCUT2D eigenvalue weighted by Crippen LogP contribution is 2.28. The molecule has 1 aliphatic carbocycles. The van der Waals surface area contributed by atoms with Gasteiger partial charge in [0.2, 0.25) is 0 Å². The van der Waals surface area contributed by atoms with Crippen LogP contribution in [0.1, 0.15) is 19.3 Å². The lowest BCUT2D eigenvalue weighted by molar-refractivity contribution is 0.388. The van der Waals surface area contributed by atoms with E-state index in [1.54, 1.807) is 0 Å². The Morgan fingerprint density at radius 2 is 2.46 bits per heavy atom. The van der Waals surface area contributed by atoms with E-state index in [4.69, 9.17) is 5.73 Å². The molecule has 0 aliphatic heterocycles. The van der Waals surface area contributed by atoms with Crippen LogP contribution in [0.2, 0.25) is 0 Å². The lowest BCUT2D eigenvalue weighted by atomic mass is 9.91. The third kappa shape index (κ3) is 1.67. The normalized spacial score (nSPS) is 17.0. The summed E-state index contributed by atoms with van der Waals surface area (Å²) in [5.41, 5.74) is 6.76. The van der Waals surface area contributed by atoms with E-state index in [9.17, 15) is 0 Å². The second-order valence-corrected chi connectivity index (χ2v) is 3.52. The number of nitrogens with two attached hydrogens (primary N) is 1. The molecule has 0 spiro atoms. The van der Waals surface area contributed by atoms with E-state index in [0.717, 1.165) is 6.54 Å². The molecular weight excluding hydrogens is 164 g/mol. The van der Waals surface area contributed by atoms with Gasteiger partial charge in [-0.15, -0.1) is 0 Å². The van der Waals surface area contributed by atoms with Crippen LogP contribution < -0.4 is 10.6 Å². The molecule has 0 saturated heterocycles. The average Bonchev–Trinajstić information content (AvgIpc) is 2.51. The fourth-order valence-corrected chi connectivity index (χ4v) is 1.76. The summed E-state index contributed by atoms with van der Waals surface area (Å²) in [6, 6.07) is 0.696. The molecule has 13 heavy (non-hydrogen) atoms. The summed E-state index contributed by atoms with van der Waals surface area (Å²) in [5, 5.41) is 6.80. The molecule has 72 valence electrons. The Labute approximate surface area is 78.1 Å². The van der Waals surface area contributed by atoms with Crippen LogP contribution in [0, 0.1) is 0 Å². The number of anilines is 1. The first-order valence-electron chi connectivity index (χ1n) is 4.87. The molecule has 0 aromatic carbocycles. The first-order chi connectivity index (χ1) is 6.42. The van der Waals surface area contributed by atoms with Gasteiger partial charge in [-0.2, -0.15) is 5.10 Å². The van der Waals surface area contributed by atoms with Gasteiger partial charge in [-0.1, -0.05) is 0 Å². The number of aromatic nitrogens is 2. The average molecular weight is 180 g/mol. The van der Waals surface area contributed by atoms with E-state index < -0.39 is 0 Å². The summed E-state index contributed by atoms with van der Waals surface area (Å²) in [4.78, 5) is 2.35. The molecule has 3 N–H and O–H groups in total. The van der Waals surface area contributed by atoms with Crippen molar-refractivity contribution in [3.05, 3.63) is 12.4 Å². The highest BCUT2D eigenvalue weighted by atomic mass is 15.2. The zero-order valence-electron chi connectivity index (χ0n) is 7.74. The number of hydrogen-bond donors (Lipinski definition) is 2. The lowest BCUT2D eigenvalue weighted by Gasteiger charge is -2.38. The Morgan fingerprint density at radius 3 is 2.92 bits per heavy atom. The molecule has 0 radical (unpaired) electrons. The minimum absolute atomic E-state index is 0.696. The van der Waals surface area contributed by atoms with Crippen molar-refractivity contribution in [3.63, 3.8) is 0 Å². The first-order valence-corrected chi connectivity index (χ1v) is 4.87. The van der Waals surface area contributed by atoms with Gasteiger partial charge in [0.05, 0.1) is 11.9 Å². The zero-order chi connectivity index (χ0) is 9.10. The summed E-state index contributed by atoms with van der Waals surface area (Å²) in [5.74, 6) is 0. The zero-order valence-corrected chi connectivity index (χ0v) is 7.74. The molecule has 0 bridgehead atoms. The molecule has 1 aromatic rings. The summed E-state index contributed by atoms with van der Waals surface area (Å²) < 4.78 is 0. The van der Waals surface area contributed by atoms with Crippen LogP contribution in [0.5, 0.6) is 0 Å². The fraction of sp³-hybridized carbons (Fsp3) is 0.667. The number of hydrogen-bond acceptors (Lipinski definition) is 3. The van der Waals surface area contributed by atoms with Crippen LogP contribution in [0.25, 0.3) is 0 Å². The van der Waals surface area contributed by atoms with Crippen LogP contribution in [0.4, 0.5) is 5.69 Å². The van der Waals surface area contributed by atoms with E-state index in [2.05, 4.69) is 15.1 Å². The monoisotopic (exact) mass is 180 g/mol. The molecule has 0 unspecified atom stereocenters. The Bertz CT molecular complexity index is 240. The van der Waals surface area contributed by atoms with Gasteiger partial charge >= 0.3 is 0 Å². The molecule has 1 aromatic heterocycles. The minimum atomic E-state index is 0.696. The van der Waals surface area contributed by atoms with Crippen molar-refractivity contribution in [1.82, 2.24) is 10.2 Å². The van der Waals surface area contributed by atoms with Crippen molar-refractivity contribution in [3.8, 4) is 0 Å². The number of nitrogens with zero attached hydrogens (tertiary/aromatic N) is 2. The van der Waals surface area contributed by atoms with Gasteiger partial charge in [-0.25, -0.2) is 0 Å². The Morgan fingerprint density at radius 1 is 1.62 bits per heavy atom. The first kappa shape index (κ1) is 8.56. The summed E-state index contributed by atoms with van der Waals surface area (Å²) in [6.07, 6.45) is 7.75. The second-order valence-electron chi connectivity index (χ2n) is 3.52. The van der Waals surface area contributed by atoms with Crippen LogP contribution in [0.15, 0.2) is 12.4 Å². The highest BCUT2D eigenvalue weighted by molar-refractivity contribution is 5.43. The van der Waals surface area contributed by atoms with Gasteiger partial charge < -0.3 is 10.6 Å². The quantitative estimate of drug-likeness (QED) is 0.718. The predicted molar refractivity (Wildman–Crippen MR) is 52.6 cm³/mol. The van der Waals surface area contributed by atoms with Gasteiger partial charge in [0.1, 0.15) is 0 Å². The van der Waals surface area contributed by atoms with Crippen LogP contribution in [-0.4, -0.2) is 29.3 Å². The molecule has 1 fully saturated rings. The molecule has 0 amide bonds. The third-order valence-electron chi connectivity index (χ3n) is 2.70. The second kappa shape index (κ2) is 3.79. The number of rotatable bonds is 4. The van der Waals surface area contributed by atoms with Crippen molar-refractivity contribution in [1.29, 1.82) is 0 Å². The van der Waals surface area contributed by atoms with Gasteiger partial charge in [-0.3, -0.25) is 5.10 Å². The van der Waals surface area contributed by atoms with E-state index in [1.807, 2.05) is 12.4 Å². The van der Waals surface area contributed by atoms with Crippen molar-refractivity contribution >= 4 is 5.69 Å². The van der Waals surface area contributed by atoms with Crippen molar-refractivity contribution in [2.45, 2.75) is 25.3 Å². The Balaban J connectivity index is 2.04. The maximum Gasteiger partial charge on any atom is 0.0752 e. The lowest BCUT2D eigenvalue weighted by Crippen LogP contribution is -2.42. The van der Waals surface area contributed by atoms with Crippen molar-refractivity contribution in [2.24, 2.45) is 5.73 Å². The molecular formula is C9H16N4. The molecule has 4 nitrogen and oxygen atoms in total. The molecule has 1 heterocycles. The molecule has 1 saturated carbocycles. The molecule has 4 heteroatoms. The summed E-state index contributed by atoms with van der Waals surface area (Å²) in [6.45, 7) is 1.64. The number of aromatic amines is 1. The molecule has 2 rings (SSSR count). The standard InChI is InChI=1S/C9H16N4/c10-4-5-13(8-2-1-3-8)9-6-11-12-7-9/h6-8H,1-5,10H2,(H,11,12). The van der Waals surface area contributed by atoms with Gasteiger partial charge in [0.15, 0.2) is 0 Å². The third-order valence-corrected chi connectivity index (χ3v) is 2.70. The van der Waals surface area contributed by atoms with Crippen LogP contribution in [-0.2, 0) is 0 Å². The van der Waals surface area contributed by atoms with Crippen molar-refractivity contribution in [2.75, 3.05) is 18.0 Å². The van der Waals surface area contributed by atoms with Crippen molar-refractivity contribution < 1.29 is 0 Å². The SMILES string of the molecule is NCCN(c1cn[nH]c1)C1CCC1. The van der Waals surface area contributed by atoms with E-state index in [0.29, 0.717) is 12.6 Å². The Kier molecular flexibility index (Phi) is 2.49. The van der Waals surface area contributed by atoms with Gasteiger partial charge in [0, 0.05) is 25.3 Å². The van der Waals surface area contributed by atoms with Gasteiger partial charge in [-0.05, 0) is 19.3 Å². The number of nitrogens with one attached hydrogen (secondary N) is 1. The van der Waals surface area contributed by atoms with Crippen LogP contribution in [0.3, 0.4) is 0 Å². The van der Waals surface area contributed by atoms with Crippen LogP contribution >= 0.6 is 0 Å². The largest absolute Gasteiger partial charge is 0.365 e. The molecule has 1 aliphatic rings. The summed E-state index contributed by atoms with van der Waals surface area (Å²) in [7, 11) is 0. The number of H-pyrrole nitrogens is 1. The maximum atomic E-state index is 5.58. The topological polar surface area (TPSA) is 57.9 Å². The van der Waals surface area contributed by atoms with E-state index >= 15 is 0 Å². The van der Waals surface area contributed by atoms with E-state index in [1.165, 1.54) is 24.9 Å². The Hall–Kier alpha value is -1.03. The van der Waals surface area contributed by atoms with E-state index in [-0.39, 0.29) is 0 Å². The smallest absolute Gasteiger partial charge is 0.0752 e. The molecule has 0 atom stereocenters. The predicted octanol–water partition coefficient (Wildman–Crippen LogP) is 0.727. The minimum Gasteiger partial charge on any atom is -0.365 e. The van der Waals surface area contributed by atoms with Gasteiger partial charge in [0.25, 0.3) is 0 Å².